The summed E-state index contributed by atoms with van der Waals surface area (Å²) in [6, 6.07) is 14.4. The van der Waals surface area contributed by atoms with Gasteiger partial charge in [0.05, 0.1) is 13.2 Å². The number of esters is 1. The number of pyridine rings is 1. The van der Waals surface area contributed by atoms with Crippen LogP contribution < -0.4 is 10.1 Å². The van der Waals surface area contributed by atoms with Gasteiger partial charge in [0.2, 0.25) is 0 Å². The molecule has 0 fully saturated rings. The Morgan fingerprint density at radius 3 is 2.63 bits per heavy atom. The van der Waals surface area contributed by atoms with Crippen molar-refractivity contribution in [2.45, 2.75) is 13.5 Å². The van der Waals surface area contributed by atoms with Gasteiger partial charge >= 0.3 is 5.97 Å². The lowest BCUT2D eigenvalue weighted by Gasteiger charge is -2.16. The number of hydrogen-bond acceptors (Lipinski definition) is 7. The molecule has 1 amide bonds. The molecule has 156 valence electrons. The molecule has 0 radical (unpaired) electrons. The van der Waals surface area contributed by atoms with Crippen molar-refractivity contribution in [3.05, 3.63) is 70.5 Å². The number of carbonyl (C=O) groups excluding carboxylic acids is 2. The van der Waals surface area contributed by atoms with Crippen LogP contribution >= 0.6 is 11.3 Å². The highest BCUT2D eigenvalue weighted by atomic mass is 32.1. The van der Waals surface area contributed by atoms with E-state index in [0.29, 0.717) is 19.0 Å². The van der Waals surface area contributed by atoms with Gasteiger partial charge in [-0.05, 0) is 54.8 Å². The van der Waals surface area contributed by atoms with Crippen molar-refractivity contribution in [3.8, 4) is 5.75 Å². The highest BCUT2D eigenvalue weighted by molar-refractivity contribution is 7.09. The maximum Gasteiger partial charge on any atom is 0.342 e. The smallest absolute Gasteiger partial charge is 0.342 e. The summed E-state index contributed by atoms with van der Waals surface area (Å²) in [7, 11) is 1.68. The van der Waals surface area contributed by atoms with E-state index in [4.69, 9.17) is 9.47 Å². The second-order valence-corrected chi connectivity index (χ2v) is 7.42. The molecule has 0 aliphatic heterocycles. The fourth-order valence-corrected chi connectivity index (χ4v) is 3.40. The molecular formula is C22H23N3O4S. The van der Waals surface area contributed by atoms with Crippen molar-refractivity contribution in [3.63, 3.8) is 0 Å². The normalized spacial score (nSPS) is 10.3. The highest BCUT2D eigenvalue weighted by Crippen LogP contribution is 2.22. The highest BCUT2D eigenvalue weighted by Gasteiger charge is 2.17. The van der Waals surface area contributed by atoms with Gasteiger partial charge in [-0.25, -0.2) is 9.78 Å². The molecule has 8 heteroatoms. The van der Waals surface area contributed by atoms with E-state index in [9.17, 15) is 9.59 Å². The summed E-state index contributed by atoms with van der Waals surface area (Å²) in [5, 5.41) is 5.05. The molecule has 0 aliphatic carbocycles. The number of amides is 1. The van der Waals surface area contributed by atoms with Gasteiger partial charge in [0, 0.05) is 23.8 Å². The van der Waals surface area contributed by atoms with Crippen LogP contribution in [0, 0.1) is 0 Å². The molecule has 0 aliphatic rings. The number of nitrogens with one attached hydrogen (secondary N) is 1. The van der Waals surface area contributed by atoms with Crippen LogP contribution in [0.4, 0.5) is 11.5 Å². The number of carbonyl (C=O) groups is 2. The zero-order valence-electron chi connectivity index (χ0n) is 16.8. The largest absolute Gasteiger partial charge is 0.494 e. The summed E-state index contributed by atoms with van der Waals surface area (Å²) in [5.41, 5.74) is 0.998. The minimum absolute atomic E-state index is 0.250. The fourth-order valence-electron chi connectivity index (χ4n) is 2.65. The van der Waals surface area contributed by atoms with Crippen molar-refractivity contribution in [2.75, 3.05) is 25.6 Å². The Labute approximate surface area is 179 Å². The lowest BCUT2D eigenvalue weighted by molar-refractivity contribution is -0.133. The van der Waals surface area contributed by atoms with Crippen molar-refractivity contribution in [1.29, 1.82) is 0 Å². The molecule has 0 atom stereocenters. The van der Waals surface area contributed by atoms with Gasteiger partial charge < -0.3 is 19.7 Å². The second kappa shape index (κ2) is 10.4. The Balaban J connectivity index is 1.60. The molecule has 1 N–H and O–H groups in total. The SMILES string of the molecule is CCOc1ccc(Nc2ncccc2C(=O)OCC(=O)N(C)Cc2cccs2)cc1. The van der Waals surface area contributed by atoms with E-state index in [1.807, 2.05) is 48.7 Å². The second-order valence-electron chi connectivity index (χ2n) is 6.39. The van der Waals surface area contributed by atoms with Gasteiger partial charge in [0.1, 0.15) is 17.1 Å². The van der Waals surface area contributed by atoms with E-state index >= 15 is 0 Å². The molecular weight excluding hydrogens is 402 g/mol. The third-order valence-electron chi connectivity index (χ3n) is 4.18. The molecule has 0 bridgehead atoms. The Bertz CT molecular complexity index is 974. The number of thiophene rings is 1. The third-order valence-corrected chi connectivity index (χ3v) is 5.04. The van der Waals surface area contributed by atoms with Crippen LogP contribution in [0.25, 0.3) is 0 Å². The third kappa shape index (κ3) is 5.81. The zero-order valence-corrected chi connectivity index (χ0v) is 17.6. The molecule has 2 aromatic heterocycles. The van der Waals surface area contributed by atoms with E-state index in [1.54, 1.807) is 36.7 Å². The molecule has 1 aromatic carbocycles. The van der Waals surface area contributed by atoms with Gasteiger partial charge in [0.15, 0.2) is 6.61 Å². The van der Waals surface area contributed by atoms with E-state index in [-0.39, 0.29) is 18.1 Å². The Morgan fingerprint density at radius 1 is 1.13 bits per heavy atom. The maximum atomic E-state index is 12.5. The number of benzene rings is 1. The lowest BCUT2D eigenvalue weighted by atomic mass is 10.2. The number of likely N-dealkylation sites (N-methyl/N-ethyl adjacent to an activating group) is 1. The van der Waals surface area contributed by atoms with Crippen molar-refractivity contribution in [1.82, 2.24) is 9.88 Å². The predicted octanol–water partition coefficient (Wildman–Crippen LogP) is 4.10. The molecule has 0 saturated heterocycles. The number of rotatable bonds is 9. The van der Waals surface area contributed by atoms with E-state index in [2.05, 4.69) is 10.3 Å². The van der Waals surface area contributed by atoms with Crippen LogP contribution in [0.3, 0.4) is 0 Å². The lowest BCUT2D eigenvalue weighted by Crippen LogP contribution is -2.30. The number of anilines is 2. The first-order valence-electron chi connectivity index (χ1n) is 9.45. The molecule has 30 heavy (non-hydrogen) atoms. The first-order chi connectivity index (χ1) is 14.6. The molecule has 3 rings (SSSR count). The summed E-state index contributed by atoms with van der Waals surface area (Å²) in [5.74, 6) is 0.219. The quantitative estimate of drug-likeness (QED) is 0.520. The minimum atomic E-state index is -0.616. The first-order valence-corrected chi connectivity index (χ1v) is 10.3. The van der Waals surface area contributed by atoms with Gasteiger partial charge in [0.25, 0.3) is 5.91 Å². The Hall–Kier alpha value is -3.39. The average molecular weight is 426 g/mol. The van der Waals surface area contributed by atoms with Crippen molar-refractivity contribution < 1.29 is 19.1 Å². The molecule has 2 heterocycles. The number of nitrogens with zero attached hydrogens (tertiary/aromatic N) is 2. The molecule has 3 aromatic rings. The van der Waals surface area contributed by atoms with Crippen molar-refractivity contribution >= 4 is 34.7 Å². The first kappa shape index (κ1) is 21.3. The molecule has 0 spiro atoms. The zero-order chi connectivity index (χ0) is 21.3. The molecule has 0 unspecified atom stereocenters. The van der Waals surface area contributed by atoms with Crippen LogP contribution in [-0.4, -0.2) is 42.0 Å². The standard InChI is InChI=1S/C22H23N3O4S/c1-3-28-17-10-8-16(9-11-17)24-21-19(7-4-12-23-21)22(27)29-15-20(26)25(2)14-18-6-5-13-30-18/h4-13H,3,14-15H2,1-2H3,(H,23,24). The van der Waals surface area contributed by atoms with E-state index in [0.717, 1.165) is 16.3 Å². The topological polar surface area (TPSA) is 80.8 Å². The summed E-state index contributed by atoms with van der Waals surface area (Å²) in [6.07, 6.45) is 1.58. The van der Waals surface area contributed by atoms with Crippen LogP contribution in [0.15, 0.2) is 60.1 Å². The monoisotopic (exact) mass is 425 g/mol. The Kier molecular flexibility index (Phi) is 7.40. The summed E-state index contributed by atoms with van der Waals surface area (Å²) in [6.45, 7) is 2.65. The average Bonchev–Trinajstić information content (AvgIpc) is 3.27. The van der Waals surface area contributed by atoms with Crippen LogP contribution in [0.1, 0.15) is 22.2 Å². The summed E-state index contributed by atoms with van der Waals surface area (Å²) in [4.78, 5) is 31.6. The minimum Gasteiger partial charge on any atom is -0.494 e. The van der Waals surface area contributed by atoms with E-state index in [1.165, 1.54) is 4.90 Å². The summed E-state index contributed by atoms with van der Waals surface area (Å²) >= 11 is 1.57. The van der Waals surface area contributed by atoms with E-state index < -0.39 is 5.97 Å². The van der Waals surface area contributed by atoms with Crippen LogP contribution in [-0.2, 0) is 16.1 Å². The number of aromatic nitrogens is 1. The fraction of sp³-hybridized carbons (Fsp3) is 0.227. The van der Waals surface area contributed by atoms with Crippen molar-refractivity contribution in [2.24, 2.45) is 0 Å². The van der Waals surface area contributed by atoms with Gasteiger partial charge in [-0.1, -0.05) is 6.07 Å². The molecule has 0 saturated carbocycles. The predicted molar refractivity (Wildman–Crippen MR) is 116 cm³/mol. The van der Waals surface area contributed by atoms with Gasteiger partial charge in [-0.15, -0.1) is 11.3 Å². The maximum absolute atomic E-state index is 12.5. The van der Waals surface area contributed by atoms with Gasteiger partial charge in [-0.3, -0.25) is 4.79 Å². The van der Waals surface area contributed by atoms with Crippen LogP contribution in [0.5, 0.6) is 5.75 Å². The Morgan fingerprint density at radius 2 is 1.93 bits per heavy atom. The number of ether oxygens (including phenoxy) is 2. The van der Waals surface area contributed by atoms with Gasteiger partial charge in [-0.2, -0.15) is 0 Å². The summed E-state index contributed by atoms with van der Waals surface area (Å²) < 4.78 is 10.7. The van der Waals surface area contributed by atoms with Crippen LogP contribution in [0.2, 0.25) is 0 Å². The molecule has 7 nitrogen and oxygen atoms in total. The number of hydrogen-bond donors (Lipinski definition) is 1.